The third-order valence-electron chi connectivity index (χ3n) is 5.01. The van der Waals surface area contributed by atoms with Crippen molar-refractivity contribution < 1.29 is 9.47 Å². The van der Waals surface area contributed by atoms with Gasteiger partial charge in [-0.3, -0.25) is 0 Å². The van der Waals surface area contributed by atoms with E-state index in [2.05, 4.69) is 15.0 Å². The first-order valence-electron chi connectivity index (χ1n) is 8.91. The van der Waals surface area contributed by atoms with E-state index in [1.165, 1.54) is 0 Å². The molecule has 1 aliphatic rings. The summed E-state index contributed by atoms with van der Waals surface area (Å²) >= 11 is 0. The second-order valence-electron chi connectivity index (χ2n) is 6.66. The summed E-state index contributed by atoms with van der Waals surface area (Å²) in [6.07, 6.45) is 2.21. The van der Waals surface area contributed by atoms with Crippen LogP contribution in [0.4, 0.5) is 5.95 Å². The molecule has 0 saturated carbocycles. The zero-order chi connectivity index (χ0) is 18.1. The lowest BCUT2D eigenvalue weighted by Crippen LogP contribution is -2.36. The van der Waals surface area contributed by atoms with E-state index in [0.29, 0.717) is 23.1 Å². The number of fused-ring (bicyclic) bond motifs is 3. The lowest BCUT2D eigenvalue weighted by Gasteiger charge is -2.30. The van der Waals surface area contributed by atoms with Crippen molar-refractivity contribution in [2.75, 3.05) is 46.2 Å². The molecule has 1 aliphatic heterocycles. The van der Waals surface area contributed by atoms with Crippen molar-refractivity contribution in [2.24, 2.45) is 0 Å². The monoisotopic (exact) mass is 356 g/mol. The highest BCUT2D eigenvalue weighted by Gasteiger charge is 2.25. The Morgan fingerprint density at radius 3 is 2.96 bits per heavy atom. The number of likely N-dealkylation sites (tertiary alicyclic amines) is 1. The Kier molecular flexibility index (Phi) is 4.60. The number of nitrogen functional groups attached to an aromatic ring is 1. The molecule has 1 aromatic carbocycles. The van der Waals surface area contributed by atoms with Gasteiger partial charge in [0.1, 0.15) is 11.3 Å². The molecule has 0 aliphatic carbocycles. The SMILES string of the molecule is COCCN1CCCC(c2nc3c4cccc(OC)c4nc(N)n3n2)C1. The molecule has 0 spiro atoms. The molecule has 3 aromatic rings. The molecule has 1 saturated heterocycles. The maximum Gasteiger partial charge on any atom is 0.223 e. The minimum Gasteiger partial charge on any atom is -0.494 e. The Balaban J connectivity index is 1.73. The first-order chi connectivity index (χ1) is 12.7. The summed E-state index contributed by atoms with van der Waals surface area (Å²) in [5.41, 5.74) is 7.59. The largest absolute Gasteiger partial charge is 0.494 e. The van der Waals surface area contributed by atoms with E-state index in [1.807, 2.05) is 18.2 Å². The molecule has 138 valence electrons. The molecule has 0 bridgehead atoms. The lowest BCUT2D eigenvalue weighted by molar-refractivity contribution is 0.127. The van der Waals surface area contributed by atoms with Gasteiger partial charge in [-0.2, -0.15) is 4.52 Å². The summed E-state index contributed by atoms with van der Waals surface area (Å²) < 4.78 is 12.3. The number of aromatic nitrogens is 4. The van der Waals surface area contributed by atoms with Crippen LogP contribution in [0.5, 0.6) is 5.75 Å². The number of methoxy groups -OCH3 is 2. The number of para-hydroxylation sites is 1. The van der Waals surface area contributed by atoms with Crippen LogP contribution in [-0.2, 0) is 4.74 Å². The molecule has 4 rings (SSSR count). The second-order valence-corrected chi connectivity index (χ2v) is 6.66. The van der Waals surface area contributed by atoms with Gasteiger partial charge < -0.3 is 20.1 Å². The quantitative estimate of drug-likeness (QED) is 0.744. The summed E-state index contributed by atoms with van der Waals surface area (Å²) in [6, 6.07) is 5.78. The van der Waals surface area contributed by atoms with Crippen LogP contribution in [0, 0.1) is 0 Å². The normalized spacial score (nSPS) is 18.6. The van der Waals surface area contributed by atoms with Crippen LogP contribution in [-0.4, -0.2) is 64.9 Å². The molecule has 8 heteroatoms. The lowest BCUT2D eigenvalue weighted by atomic mass is 9.97. The number of ether oxygens (including phenoxy) is 2. The van der Waals surface area contributed by atoms with Crippen molar-refractivity contribution >= 4 is 22.5 Å². The Bertz CT molecular complexity index is 925. The van der Waals surface area contributed by atoms with E-state index in [-0.39, 0.29) is 0 Å². The summed E-state index contributed by atoms with van der Waals surface area (Å²) in [5, 5.41) is 5.57. The van der Waals surface area contributed by atoms with Gasteiger partial charge in [-0.25, -0.2) is 9.97 Å². The van der Waals surface area contributed by atoms with Gasteiger partial charge in [0.25, 0.3) is 0 Å². The van der Waals surface area contributed by atoms with Gasteiger partial charge in [-0.05, 0) is 31.5 Å². The average Bonchev–Trinajstić information content (AvgIpc) is 3.13. The molecule has 2 N–H and O–H groups in total. The molecule has 8 nitrogen and oxygen atoms in total. The fraction of sp³-hybridized carbons (Fsp3) is 0.500. The minimum absolute atomic E-state index is 0.292. The van der Waals surface area contributed by atoms with E-state index in [1.54, 1.807) is 18.7 Å². The molecule has 0 radical (unpaired) electrons. The van der Waals surface area contributed by atoms with Crippen molar-refractivity contribution in [1.29, 1.82) is 0 Å². The number of rotatable bonds is 5. The number of hydrogen-bond acceptors (Lipinski definition) is 7. The Hall–Kier alpha value is -2.45. The molecule has 3 heterocycles. The number of anilines is 1. The number of nitrogens with zero attached hydrogens (tertiary/aromatic N) is 5. The summed E-state index contributed by atoms with van der Waals surface area (Å²) in [7, 11) is 3.36. The Morgan fingerprint density at radius 1 is 1.27 bits per heavy atom. The topological polar surface area (TPSA) is 90.8 Å². The summed E-state index contributed by atoms with van der Waals surface area (Å²) in [6.45, 7) is 3.71. The van der Waals surface area contributed by atoms with E-state index < -0.39 is 0 Å². The molecular weight excluding hydrogens is 332 g/mol. The van der Waals surface area contributed by atoms with E-state index in [4.69, 9.17) is 20.2 Å². The van der Waals surface area contributed by atoms with Gasteiger partial charge >= 0.3 is 0 Å². The Morgan fingerprint density at radius 2 is 2.15 bits per heavy atom. The Labute approximate surface area is 151 Å². The number of nitrogens with two attached hydrogens (primary N) is 1. The zero-order valence-corrected chi connectivity index (χ0v) is 15.2. The predicted octanol–water partition coefficient (Wildman–Crippen LogP) is 1.69. The van der Waals surface area contributed by atoms with E-state index >= 15 is 0 Å². The minimum atomic E-state index is 0.292. The van der Waals surface area contributed by atoms with Gasteiger partial charge in [-0.15, -0.1) is 5.10 Å². The molecule has 0 amide bonds. The van der Waals surface area contributed by atoms with E-state index in [0.717, 1.165) is 55.9 Å². The van der Waals surface area contributed by atoms with Crippen LogP contribution in [0.25, 0.3) is 16.6 Å². The van der Waals surface area contributed by atoms with Gasteiger partial charge in [0, 0.05) is 31.5 Å². The number of piperidine rings is 1. The zero-order valence-electron chi connectivity index (χ0n) is 15.2. The second kappa shape index (κ2) is 7.05. The van der Waals surface area contributed by atoms with Gasteiger partial charge in [0.05, 0.1) is 13.7 Å². The van der Waals surface area contributed by atoms with Crippen molar-refractivity contribution in [2.45, 2.75) is 18.8 Å². The predicted molar refractivity (Wildman–Crippen MR) is 99.5 cm³/mol. The van der Waals surface area contributed by atoms with Crippen LogP contribution >= 0.6 is 0 Å². The van der Waals surface area contributed by atoms with Crippen molar-refractivity contribution in [1.82, 2.24) is 24.5 Å². The smallest absolute Gasteiger partial charge is 0.223 e. The van der Waals surface area contributed by atoms with Crippen molar-refractivity contribution in [3.8, 4) is 5.75 Å². The van der Waals surface area contributed by atoms with Crippen LogP contribution < -0.4 is 10.5 Å². The van der Waals surface area contributed by atoms with Crippen LogP contribution in [0.2, 0.25) is 0 Å². The highest BCUT2D eigenvalue weighted by Crippen LogP contribution is 2.30. The van der Waals surface area contributed by atoms with Crippen LogP contribution in [0.15, 0.2) is 18.2 Å². The molecular formula is C18H24N6O2. The molecule has 26 heavy (non-hydrogen) atoms. The first kappa shape index (κ1) is 17.0. The summed E-state index contributed by atoms with van der Waals surface area (Å²) in [5.74, 6) is 2.13. The number of hydrogen-bond donors (Lipinski definition) is 1. The highest BCUT2D eigenvalue weighted by atomic mass is 16.5. The highest BCUT2D eigenvalue weighted by molar-refractivity contribution is 5.95. The maximum atomic E-state index is 6.15. The molecule has 2 aromatic heterocycles. The fourth-order valence-electron chi connectivity index (χ4n) is 3.67. The standard InChI is InChI=1S/C18H24N6O2/c1-25-10-9-23-8-4-5-12(11-23)16-21-17-13-6-3-7-14(26-2)15(13)20-18(19)24(17)22-16/h3,6-7,12H,4-5,8-11H2,1-2H3,(H2,19,20). The van der Waals surface area contributed by atoms with Gasteiger partial charge in [0.15, 0.2) is 11.5 Å². The molecule has 1 unspecified atom stereocenters. The van der Waals surface area contributed by atoms with Crippen molar-refractivity contribution in [3.63, 3.8) is 0 Å². The maximum absolute atomic E-state index is 6.15. The fourth-order valence-corrected chi connectivity index (χ4v) is 3.67. The van der Waals surface area contributed by atoms with Gasteiger partial charge in [-0.1, -0.05) is 6.07 Å². The van der Waals surface area contributed by atoms with Crippen molar-refractivity contribution in [3.05, 3.63) is 24.0 Å². The number of benzene rings is 1. The third-order valence-corrected chi connectivity index (χ3v) is 5.01. The van der Waals surface area contributed by atoms with Crippen LogP contribution in [0.1, 0.15) is 24.6 Å². The van der Waals surface area contributed by atoms with E-state index in [9.17, 15) is 0 Å². The van der Waals surface area contributed by atoms with Crippen LogP contribution in [0.3, 0.4) is 0 Å². The van der Waals surface area contributed by atoms with Gasteiger partial charge in [0.2, 0.25) is 5.95 Å². The average molecular weight is 356 g/mol. The first-order valence-corrected chi connectivity index (χ1v) is 8.91. The molecule has 1 atom stereocenters. The third kappa shape index (κ3) is 2.95. The molecule has 1 fully saturated rings. The summed E-state index contributed by atoms with van der Waals surface area (Å²) in [4.78, 5) is 11.7.